The molecule has 2 atom stereocenters. The molecular formula is C15H21N3O2. The number of nitrogens with two attached hydrogens (primary N) is 1. The summed E-state index contributed by atoms with van der Waals surface area (Å²) >= 11 is 0. The van der Waals surface area contributed by atoms with Crippen molar-refractivity contribution in [1.82, 2.24) is 5.32 Å². The van der Waals surface area contributed by atoms with Crippen molar-refractivity contribution in [1.29, 1.82) is 0 Å². The summed E-state index contributed by atoms with van der Waals surface area (Å²) in [5.74, 6) is -0.213. The second-order valence-electron chi connectivity index (χ2n) is 5.30. The standard InChI is InChI=1S/C15H21N3O2/c1-10-5-4-7-12(16)15(20)17-9-11-6-2-3-8-13(11)18-14(10)19/h2-3,6,8,10,12H,4-5,7,9,16H2,1H3,(H,17,20)(H,18,19). The summed E-state index contributed by atoms with van der Waals surface area (Å²) in [6, 6.07) is 6.97. The molecule has 0 saturated carbocycles. The van der Waals surface area contributed by atoms with E-state index in [2.05, 4.69) is 10.6 Å². The molecule has 108 valence electrons. The third kappa shape index (κ3) is 3.57. The highest BCUT2D eigenvalue weighted by Crippen LogP contribution is 2.18. The van der Waals surface area contributed by atoms with Crippen LogP contribution in [0.1, 0.15) is 31.7 Å². The van der Waals surface area contributed by atoms with Crippen LogP contribution < -0.4 is 16.4 Å². The number of carbonyl (C=O) groups is 2. The molecule has 1 aromatic carbocycles. The second-order valence-corrected chi connectivity index (χ2v) is 5.30. The van der Waals surface area contributed by atoms with Crippen molar-refractivity contribution in [2.45, 2.75) is 38.8 Å². The van der Waals surface area contributed by atoms with Crippen LogP contribution in [0.25, 0.3) is 0 Å². The van der Waals surface area contributed by atoms with Gasteiger partial charge in [-0.3, -0.25) is 9.59 Å². The van der Waals surface area contributed by atoms with Crippen LogP contribution in [-0.2, 0) is 16.1 Å². The molecule has 1 heterocycles. The Morgan fingerprint density at radius 3 is 2.70 bits per heavy atom. The molecule has 2 unspecified atom stereocenters. The van der Waals surface area contributed by atoms with Gasteiger partial charge in [-0.1, -0.05) is 31.5 Å². The van der Waals surface area contributed by atoms with Gasteiger partial charge in [0.2, 0.25) is 11.8 Å². The number of hydrogen-bond acceptors (Lipinski definition) is 3. The lowest BCUT2D eigenvalue weighted by molar-refractivity contribution is -0.122. The van der Waals surface area contributed by atoms with Crippen molar-refractivity contribution in [2.75, 3.05) is 5.32 Å². The van der Waals surface area contributed by atoms with Crippen LogP contribution in [0.4, 0.5) is 5.69 Å². The maximum Gasteiger partial charge on any atom is 0.237 e. The Kier molecular flexibility index (Phi) is 4.74. The van der Waals surface area contributed by atoms with Gasteiger partial charge >= 0.3 is 0 Å². The molecule has 0 radical (unpaired) electrons. The maximum atomic E-state index is 12.1. The number of benzene rings is 1. The molecule has 1 aliphatic heterocycles. The van der Waals surface area contributed by atoms with Crippen molar-refractivity contribution in [2.24, 2.45) is 11.7 Å². The molecule has 1 aliphatic rings. The van der Waals surface area contributed by atoms with Gasteiger partial charge in [0.15, 0.2) is 0 Å². The molecule has 5 nitrogen and oxygen atoms in total. The average molecular weight is 275 g/mol. The summed E-state index contributed by atoms with van der Waals surface area (Å²) in [6.45, 7) is 2.27. The molecule has 0 saturated heterocycles. The number of hydrogen-bond donors (Lipinski definition) is 3. The average Bonchev–Trinajstić information content (AvgIpc) is 2.44. The third-order valence-electron chi connectivity index (χ3n) is 3.66. The predicted octanol–water partition coefficient (Wildman–Crippen LogP) is 1.39. The Labute approximate surface area is 118 Å². The Morgan fingerprint density at radius 2 is 1.90 bits per heavy atom. The van der Waals surface area contributed by atoms with Crippen LogP contribution in [0.5, 0.6) is 0 Å². The number of amides is 2. The molecule has 2 amide bonds. The number of carbonyl (C=O) groups excluding carboxylic acids is 2. The van der Waals surface area contributed by atoms with Gasteiger partial charge in [0.25, 0.3) is 0 Å². The minimum atomic E-state index is -0.503. The van der Waals surface area contributed by atoms with Crippen LogP contribution >= 0.6 is 0 Å². The SMILES string of the molecule is CC1CCCC(N)C(=O)NCc2ccccc2NC1=O. The van der Waals surface area contributed by atoms with E-state index in [1.165, 1.54) is 0 Å². The first kappa shape index (κ1) is 14.5. The molecule has 5 heteroatoms. The first-order chi connectivity index (χ1) is 9.58. The number of para-hydroxylation sites is 1. The molecular weight excluding hydrogens is 254 g/mol. The van der Waals surface area contributed by atoms with E-state index in [0.29, 0.717) is 13.0 Å². The Hall–Kier alpha value is -1.88. The molecule has 20 heavy (non-hydrogen) atoms. The number of rotatable bonds is 0. The molecule has 4 N–H and O–H groups in total. The van der Waals surface area contributed by atoms with Gasteiger partial charge in [-0.05, 0) is 24.5 Å². The minimum absolute atomic E-state index is 0.0120. The first-order valence-corrected chi connectivity index (χ1v) is 7.00. The van der Waals surface area contributed by atoms with Crippen molar-refractivity contribution in [3.63, 3.8) is 0 Å². The summed E-state index contributed by atoms with van der Waals surface area (Å²) in [7, 11) is 0. The van der Waals surface area contributed by atoms with E-state index in [1.807, 2.05) is 31.2 Å². The topological polar surface area (TPSA) is 84.2 Å². The van der Waals surface area contributed by atoms with Crippen molar-refractivity contribution < 1.29 is 9.59 Å². The number of nitrogens with one attached hydrogen (secondary N) is 2. The van der Waals surface area contributed by atoms with Crippen LogP contribution in [-0.4, -0.2) is 17.9 Å². The highest BCUT2D eigenvalue weighted by molar-refractivity contribution is 5.93. The van der Waals surface area contributed by atoms with E-state index in [4.69, 9.17) is 5.73 Å². The summed E-state index contributed by atoms with van der Waals surface area (Å²) < 4.78 is 0. The molecule has 0 bridgehead atoms. The van der Waals surface area contributed by atoms with Crippen LogP contribution in [0.15, 0.2) is 24.3 Å². The quantitative estimate of drug-likeness (QED) is 0.669. The van der Waals surface area contributed by atoms with E-state index >= 15 is 0 Å². The van der Waals surface area contributed by atoms with E-state index in [1.54, 1.807) is 0 Å². The minimum Gasteiger partial charge on any atom is -0.351 e. The molecule has 0 aromatic heterocycles. The Balaban J connectivity index is 2.22. The largest absolute Gasteiger partial charge is 0.351 e. The monoisotopic (exact) mass is 275 g/mol. The fraction of sp³-hybridized carbons (Fsp3) is 0.467. The lowest BCUT2D eigenvalue weighted by atomic mass is 9.99. The van der Waals surface area contributed by atoms with E-state index in [-0.39, 0.29) is 17.7 Å². The van der Waals surface area contributed by atoms with Gasteiger partial charge in [0.1, 0.15) is 0 Å². The lowest BCUT2D eigenvalue weighted by Gasteiger charge is -2.19. The summed E-state index contributed by atoms with van der Waals surface area (Å²) in [6.07, 6.45) is 2.10. The van der Waals surface area contributed by atoms with Gasteiger partial charge in [-0.15, -0.1) is 0 Å². The molecule has 1 aromatic rings. The predicted molar refractivity (Wildman–Crippen MR) is 77.9 cm³/mol. The zero-order valence-corrected chi connectivity index (χ0v) is 11.7. The van der Waals surface area contributed by atoms with Crippen molar-refractivity contribution in [3.05, 3.63) is 29.8 Å². The van der Waals surface area contributed by atoms with Gasteiger partial charge in [-0.25, -0.2) is 0 Å². The molecule has 2 rings (SSSR count). The molecule has 0 fully saturated rings. The number of anilines is 1. The fourth-order valence-electron chi connectivity index (χ4n) is 2.27. The highest BCUT2D eigenvalue weighted by atomic mass is 16.2. The number of fused-ring (bicyclic) bond motifs is 1. The lowest BCUT2D eigenvalue weighted by Crippen LogP contribution is -2.40. The maximum absolute atomic E-state index is 12.1. The molecule has 0 spiro atoms. The zero-order chi connectivity index (χ0) is 14.5. The first-order valence-electron chi connectivity index (χ1n) is 7.00. The summed E-state index contributed by atoms with van der Waals surface area (Å²) in [4.78, 5) is 24.0. The van der Waals surface area contributed by atoms with Crippen molar-refractivity contribution >= 4 is 17.5 Å². The van der Waals surface area contributed by atoms with Crippen LogP contribution in [0.2, 0.25) is 0 Å². The normalized spacial score (nSPS) is 24.7. The van der Waals surface area contributed by atoms with Gasteiger partial charge in [0.05, 0.1) is 6.04 Å². The fourth-order valence-corrected chi connectivity index (χ4v) is 2.27. The van der Waals surface area contributed by atoms with Gasteiger partial charge < -0.3 is 16.4 Å². The second kappa shape index (κ2) is 6.52. The van der Waals surface area contributed by atoms with E-state index in [9.17, 15) is 9.59 Å². The van der Waals surface area contributed by atoms with Crippen molar-refractivity contribution in [3.8, 4) is 0 Å². The summed E-state index contributed by atoms with van der Waals surface area (Å²) in [5.41, 5.74) is 7.48. The van der Waals surface area contributed by atoms with Crippen LogP contribution in [0.3, 0.4) is 0 Å². The zero-order valence-electron chi connectivity index (χ0n) is 11.7. The van der Waals surface area contributed by atoms with Gasteiger partial charge in [0, 0.05) is 18.2 Å². The Bertz CT molecular complexity index is 502. The van der Waals surface area contributed by atoms with E-state index < -0.39 is 6.04 Å². The van der Waals surface area contributed by atoms with Crippen LogP contribution in [0, 0.1) is 5.92 Å². The smallest absolute Gasteiger partial charge is 0.237 e. The summed E-state index contributed by atoms with van der Waals surface area (Å²) in [5, 5.41) is 5.75. The molecule has 0 aliphatic carbocycles. The Morgan fingerprint density at radius 1 is 1.15 bits per heavy atom. The van der Waals surface area contributed by atoms with Gasteiger partial charge in [-0.2, -0.15) is 0 Å². The highest BCUT2D eigenvalue weighted by Gasteiger charge is 2.19. The van der Waals surface area contributed by atoms with E-state index in [0.717, 1.165) is 24.1 Å². The third-order valence-corrected chi connectivity index (χ3v) is 3.66.